The van der Waals surface area contributed by atoms with Crippen LogP contribution in [0.3, 0.4) is 0 Å². The Morgan fingerprint density at radius 1 is 0.775 bits per heavy atom. The second-order valence-electron chi connectivity index (χ2n) is 24.3. The lowest BCUT2D eigenvalue weighted by atomic mass is 9.76. The van der Waals surface area contributed by atoms with Gasteiger partial charge in [0, 0.05) is 133 Å². The Balaban J connectivity index is 0.000000265. The number of β-amino-alcohol motifs (C(OH)–C–C–N with tert-alkyl or cyclic N) is 1. The Bertz CT molecular complexity index is 3170. The number of unbranched alkanes of at least 4 members (excludes halogenated alkanes) is 5. The standard InChI is InChI=1S/C40H50N6O5.C30H43N3O4S/c1-31-9-14-36(27-35(31)28-38-42-17-15-37(44-38)34-7-6-16-41-29-34)43-40(48)33-12-10-32(11-13-33)30-45-18-20-46(21-19-45)39(47)8-4-3-5-22-50-25-26-51-24-23-49-2;1-6-7-8-9-10-23(34)15-25(30(3,4)5)29(37)33-18-24(35)16-26(33)28(36)31-17-21-11-13-22(14-12-21)27-20(2)32-19-38-27/h6-7,9-17,27,29H,3-5,8,18-26,28,30H2,1-2H3,(H,43,48);11-14,19,24-26,35H,6-10,15-18H2,1-5H3,(H,31,36)/t;24-,25-,26+/m.1/s1. The molecule has 3 aromatic heterocycles. The largest absolute Gasteiger partial charge is 0.391 e. The van der Waals surface area contributed by atoms with Gasteiger partial charge in [-0.05, 0) is 109 Å². The number of aryl methyl sites for hydroxylation is 2. The number of aromatic nitrogens is 4. The van der Waals surface area contributed by atoms with E-state index in [0.717, 1.165) is 133 Å². The number of hydrogen-bond acceptors (Lipinski definition) is 15. The molecular formula is C70H93N9O9S. The van der Waals surface area contributed by atoms with Crippen LogP contribution >= 0.6 is 11.3 Å². The van der Waals surface area contributed by atoms with Gasteiger partial charge in [0.25, 0.3) is 5.91 Å². The fourth-order valence-electron chi connectivity index (χ4n) is 10.9. The third-order valence-corrected chi connectivity index (χ3v) is 17.3. The molecule has 2 saturated heterocycles. The van der Waals surface area contributed by atoms with Crippen LogP contribution in [-0.2, 0) is 52.9 Å². The van der Waals surface area contributed by atoms with E-state index in [1.54, 1.807) is 37.0 Å². The van der Waals surface area contributed by atoms with E-state index in [0.29, 0.717) is 70.2 Å². The number of aliphatic hydroxyl groups excluding tert-OH is 1. The lowest BCUT2D eigenvalue weighted by Crippen LogP contribution is -2.50. The van der Waals surface area contributed by atoms with Gasteiger partial charge in [-0.3, -0.25) is 33.9 Å². The van der Waals surface area contributed by atoms with E-state index in [-0.39, 0.29) is 48.8 Å². The van der Waals surface area contributed by atoms with Gasteiger partial charge < -0.3 is 39.8 Å². The molecule has 6 aromatic rings. The van der Waals surface area contributed by atoms with Crippen LogP contribution in [0.25, 0.3) is 21.7 Å². The van der Waals surface area contributed by atoms with Crippen LogP contribution in [0, 0.1) is 25.2 Å². The molecule has 0 spiro atoms. The highest BCUT2D eigenvalue weighted by atomic mass is 32.1. The number of ether oxygens (including phenoxy) is 3. The summed E-state index contributed by atoms with van der Waals surface area (Å²) in [5, 5.41) is 16.4. The van der Waals surface area contributed by atoms with Gasteiger partial charge >= 0.3 is 0 Å². The molecule has 89 heavy (non-hydrogen) atoms. The van der Waals surface area contributed by atoms with Crippen LogP contribution in [0.5, 0.6) is 0 Å². The van der Waals surface area contributed by atoms with Crippen molar-refractivity contribution in [2.24, 2.45) is 11.3 Å². The van der Waals surface area contributed by atoms with Crippen LogP contribution in [0.15, 0.2) is 109 Å². The van der Waals surface area contributed by atoms with E-state index in [9.17, 15) is 29.1 Å². The SMILES string of the molecule is CCCCCCC(=O)C[C@H](C(=O)N1C[C@H](O)C[C@H]1C(=O)NCc1ccc(-c2scnc2C)cc1)C(C)(C)C.COCCOCCOCCCCCC(=O)N1CCN(Cc2ccc(C(=O)Nc3ccc(C)c(Cc4nccc(-c5cccnc5)n4)c3)cc2)CC1. The van der Waals surface area contributed by atoms with Gasteiger partial charge in [0.05, 0.1) is 54.3 Å². The molecule has 478 valence electrons. The van der Waals surface area contributed by atoms with E-state index < -0.39 is 23.5 Å². The van der Waals surface area contributed by atoms with Gasteiger partial charge in [-0.25, -0.2) is 15.0 Å². The first-order valence-electron chi connectivity index (χ1n) is 31.6. The minimum Gasteiger partial charge on any atom is -0.391 e. The Labute approximate surface area is 530 Å². The maximum absolute atomic E-state index is 13.7. The number of carbonyl (C=O) groups excluding carboxylic acids is 5. The van der Waals surface area contributed by atoms with Crippen LogP contribution in [0.4, 0.5) is 5.69 Å². The molecular weight excluding hydrogens is 1140 g/mol. The Kier molecular flexibility index (Phi) is 28.0. The number of pyridine rings is 1. The summed E-state index contributed by atoms with van der Waals surface area (Å²) in [4.78, 5) is 90.2. The Morgan fingerprint density at radius 3 is 2.19 bits per heavy atom. The summed E-state index contributed by atoms with van der Waals surface area (Å²) in [5.74, 6) is -0.167. The predicted molar refractivity (Wildman–Crippen MR) is 349 cm³/mol. The number of amides is 4. The molecule has 4 amide bonds. The van der Waals surface area contributed by atoms with Crippen LogP contribution in [0.2, 0.25) is 0 Å². The van der Waals surface area contributed by atoms with Crippen molar-refractivity contribution in [3.05, 3.63) is 148 Å². The van der Waals surface area contributed by atoms with Crippen molar-refractivity contribution in [3.63, 3.8) is 0 Å². The molecule has 2 aliphatic heterocycles. The average Bonchev–Trinajstić information content (AvgIpc) is 4.39. The lowest BCUT2D eigenvalue weighted by Gasteiger charge is -2.35. The van der Waals surface area contributed by atoms with Crippen molar-refractivity contribution in [2.75, 3.05) is 78.2 Å². The van der Waals surface area contributed by atoms with Gasteiger partial charge in [-0.2, -0.15) is 0 Å². The molecule has 3 N–H and O–H groups in total. The molecule has 8 rings (SSSR count). The first-order chi connectivity index (χ1) is 43.0. The zero-order valence-electron chi connectivity index (χ0n) is 53.3. The summed E-state index contributed by atoms with van der Waals surface area (Å²) in [5.41, 5.74) is 10.8. The second-order valence-corrected chi connectivity index (χ2v) is 25.2. The fraction of sp³-hybridized carbons (Fsp3) is 0.500. The van der Waals surface area contributed by atoms with Crippen molar-refractivity contribution in [1.82, 2.24) is 40.0 Å². The molecule has 2 aliphatic rings. The highest BCUT2D eigenvalue weighted by molar-refractivity contribution is 7.13. The summed E-state index contributed by atoms with van der Waals surface area (Å²) < 4.78 is 15.9. The monoisotopic (exact) mass is 1240 g/mol. The van der Waals surface area contributed by atoms with Gasteiger partial charge in [-0.1, -0.05) is 95.8 Å². The average molecular weight is 1240 g/mol. The molecule has 0 radical (unpaired) electrons. The summed E-state index contributed by atoms with van der Waals surface area (Å²) in [6.45, 7) is 19.5. The fourth-order valence-corrected chi connectivity index (χ4v) is 11.7. The van der Waals surface area contributed by atoms with Gasteiger partial charge in [0.2, 0.25) is 17.7 Å². The van der Waals surface area contributed by atoms with Crippen LogP contribution in [-0.4, -0.2) is 154 Å². The Hall–Kier alpha value is -7.13. The van der Waals surface area contributed by atoms with Crippen molar-refractivity contribution < 1.29 is 43.3 Å². The second kappa shape index (κ2) is 35.9. The molecule has 0 bridgehead atoms. The number of benzene rings is 3. The van der Waals surface area contributed by atoms with E-state index in [2.05, 4.69) is 37.4 Å². The summed E-state index contributed by atoms with van der Waals surface area (Å²) in [7, 11) is 1.66. The minimum absolute atomic E-state index is 0.0899. The van der Waals surface area contributed by atoms with Crippen LogP contribution in [0.1, 0.15) is 142 Å². The third-order valence-electron chi connectivity index (χ3n) is 16.3. The number of nitrogens with zero attached hydrogens (tertiary/aromatic N) is 7. The highest BCUT2D eigenvalue weighted by Crippen LogP contribution is 2.34. The molecule has 18 nitrogen and oxygen atoms in total. The smallest absolute Gasteiger partial charge is 0.255 e. The van der Waals surface area contributed by atoms with Crippen molar-refractivity contribution >= 4 is 46.4 Å². The maximum Gasteiger partial charge on any atom is 0.255 e. The summed E-state index contributed by atoms with van der Waals surface area (Å²) >= 11 is 1.60. The highest BCUT2D eigenvalue weighted by Gasteiger charge is 2.44. The first-order valence-corrected chi connectivity index (χ1v) is 32.5. The number of carbonyl (C=O) groups is 5. The van der Waals surface area contributed by atoms with Crippen LogP contribution < -0.4 is 10.6 Å². The first kappa shape index (κ1) is 69.3. The molecule has 2 fully saturated rings. The number of aliphatic hydroxyl groups is 1. The molecule has 0 unspecified atom stereocenters. The van der Waals surface area contributed by atoms with Crippen molar-refractivity contribution in [3.8, 4) is 21.7 Å². The topological polar surface area (TPSA) is 219 Å². The number of thiazole rings is 1. The van der Waals surface area contributed by atoms with Gasteiger partial charge in [0.15, 0.2) is 0 Å². The lowest BCUT2D eigenvalue weighted by molar-refractivity contribution is -0.146. The number of piperazine rings is 1. The maximum atomic E-state index is 13.7. The number of nitrogens with one attached hydrogen (secondary N) is 2. The summed E-state index contributed by atoms with van der Waals surface area (Å²) in [6.07, 6.45) is 13.4. The van der Waals surface area contributed by atoms with Gasteiger partial charge in [0.1, 0.15) is 17.6 Å². The van der Waals surface area contributed by atoms with E-state index in [1.807, 2.05) is 130 Å². The molecule has 0 aliphatic carbocycles. The van der Waals surface area contributed by atoms with Crippen molar-refractivity contribution in [2.45, 2.75) is 144 Å². The zero-order chi connectivity index (χ0) is 63.5. The molecule has 3 aromatic carbocycles. The quantitative estimate of drug-likeness (QED) is 0.0345. The molecule has 3 atom stereocenters. The number of Topliss-reactive ketones (excluding diaryl/α,β-unsaturated/α-hetero) is 1. The zero-order valence-corrected chi connectivity index (χ0v) is 54.2. The third kappa shape index (κ3) is 22.4. The van der Waals surface area contributed by atoms with E-state index in [1.165, 1.54) is 4.90 Å². The normalized spacial score (nSPS) is 15.5. The Morgan fingerprint density at radius 2 is 1.49 bits per heavy atom. The van der Waals surface area contributed by atoms with E-state index >= 15 is 0 Å². The molecule has 0 saturated carbocycles. The molecule has 5 heterocycles. The number of likely N-dealkylation sites (tertiary alicyclic amines) is 1. The number of anilines is 1. The predicted octanol–water partition coefficient (Wildman–Crippen LogP) is 10.9. The van der Waals surface area contributed by atoms with Crippen molar-refractivity contribution in [1.29, 1.82) is 0 Å². The number of hydrogen-bond donors (Lipinski definition) is 3. The van der Waals surface area contributed by atoms with E-state index in [4.69, 9.17) is 19.2 Å². The minimum atomic E-state index is -0.762. The van der Waals surface area contributed by atoms with Gasteiger partial charge in [-0.15, -0.1) is 11.3 Å². The summed E-state index contributed by atoms with van der Waals surface area (Å²) in [6, 6.07) is 26.7. The number of ketones is 1. The number of rotatable bonds is 31. The number of methoxy groups -OCH3 is 1. The molecule has 19 heteroatoms.